The maximum Gasteiger partial charge on any atom is 0.212 e. The van der Waals surface area contributed by atoms with Crippen LogP contribution in [0.25, 0.3) is 102 Å². The Balaban J connectivity index is 1.21. The molecule has 0 radical (unpaired) electrons. The molecular weight excluding hydrogens is 665 g/mol. The van der Waals surface area contributed by atoms with Crippen LogP contribution in [-0.4, -0.2) is 9.13 Å². The Morgan fingerprint density at radius 2 is 1.19 bits per heavy atom. The zero-order valence-electron chi connectivity index (χ0n) is 28.2. The van der Waals surface area contributed by atoms with E-state index in [-0.39, 0.29) is 0 Å². The first-order valence-electron chi connectivity index (χ1n) is 17.5. The highest BCUT2D eigenvalue weighted by atomic mass is 32.1. The predicted molar refractivity (Wildman–Crippen MR) is 222 cm³/mol. The van der Waals surface area contributed by atoms with Gasteiger partial charge in [-0.15, -0.1) is 11.3 Å². The van der Waals surface area contributed by atoms with Crippen molar-refractivity contribution >= 4 is 91.6 Å². The molecule has 0 atom stereocenters. The van der Waals surface area contributed by atoms with Crippen molar-refractivity contribution in [1.29, 1.82) is 5.26 Å². The van der Waals surface area contributed by atoms with Crippen molar-refractivity contribution in [3.63, 3.8) is 0 Å². The molecule has 0 aliphatic heterocycles. The van der Waals surface area contributed by atoms with Gasteiger partial charge in [-0.1, -0.05) is 109 Å². The normalized spacial score (nSPS) is 11.7. The summed E-state index contributed by atoms with van der Waals surface area (Å²) in [6.45, 7) is 8.54. The Hall–Kier alpha value is -7.18. The minimum absolute atomic E-state index is 0.481. The third-order valence-corrected chi connectivity index (χ3v) is 12.0. The molecule has 0 spiro atoms. The second-order valence-corrected chi connectivity index (χ2v) is 14.5. The summed E-state index contributed by atoms with van der Waals surface area (Å²) < 4.78 is 6.83. The minimum atomic E-state index is 0.481. The summed E-state index contributed by atoms with van der Waals surface area (Å²) in [5.74, 6) is 0. The van der Waals surface area contributed by atoms with Crippen molar-refractivity contribution in [2.24, 2.45) is 0 Å². The number of rotatable bonds is 3. The molecule has 0 saturated carbocycles. The van der Waals surface area contributed by atoms with E-state index in [1.807, 2.05) is 24.3 Å². The summed E-state index contributed by atoms with van der Waals surface area (Å²) in [5.41, 5.74) is 8.65. The lowest BCUT2D eigenvalue weighted by atomic mass is 10.0. The van der Waals surface area contributed by atoms with Gasteiger partial charge in [-0.3, -0.25) is 0 Å². The monoisotopic (exact) mass is 690 g/mol. The molecule has 0 unspecified atom stereocenters. The number of hydrogen-bond acceptors (Lipinski definition) is 2. The number of nitrogens with zero attached hydrogens (tertiary/aromatic N) is 4. The highest BCUT2D eigenvalue weighted by molar-refractivity contribution is 7.26. The summed E-state index contributed by atoms with van der Waals surface area (Å²) in [6.07, 6.45) is 0. The smallest absolute Gasteiger partial charge is 0.212 e. The molecule has 8 aromatic carbocycles. The van der Waals surface area contributed by atoms with Crippen LogP contribution in [0.1, 0.15) is 5.56 Å². The summed E-state index contributed by atoms with van der Waals surface area (Å²) in [5, 5.41) is 20.2. The van der Waals surface area contributed by atoms with Gasteiger partial charge in [0, 0.05) is 41.7 Å². The lowest BCUT2D eigenvalue weighted by Gasteiger charge is -2.16. The van der Waals surface area contributed by atoms with Crippen LogP contribution in [0.15, 0.2) is 158 Å². The Bertz CT molecular complexity index is 3420. The molecule has 0 bridgehead atoms. The molecule has 53 heavy (non-hydrogen) atoms. The van der Waals surface area contributed by atoms with Gasteiger partial charge in [-0.05, 0) is 70.4 Å². The van der Waals surface area contributed by atoms with Crippen LogP contribution in [-0.2, 0) is 0 Å². The number of para-hydroxylation sites is 1. The third kappa shape index (κ3) is 4.14. The number of aromatic nitrogens is 2. The molecular formula is C48H26N4S. The van der Waals surface area contributed by atoms with Gasteiger partial charge in [0.1, 0.15) is 6.07 Å². The van der Waals surface area contributed by atoms with Gasteiger partial charge in [0.2, 0.25) is 5.69 Å². The molecule has 3 aromatic heterocycles. The first-order valence-corrected chi connectivity index (χ1v) is 18.3. The van der Waals surface area contributed by atoms with Crippen molar-refractivity contribution in [3.8, 4) is 28.6 Å². The fraction of sp³-hybridized carbons (Fsp3) is 0. The molecule has 0 aliphatic carbocycles. The van der Waals surface area contributed by atoms with Crippen molar-refractivity contribution in [2.75, 3.05) is 0 Å². The second-order valence-electron chi connectivity index (χ2n) is 13.5. The number of hydrogen-bond donors (Lipinski definition) is 0. The Morgan fingerprint density at radius 1 is 0.509 bits per heavy atom. The Morgan fingerprint density at radius 3 is 2.04 bits per heavy atom. The van der Waals surface area contributed by atoms with Gasteiger partial charge >= 0.3 is 0 Å². The number of thiophene rings is 1. The second kappa shape index (κ2) is 11.2. The van der Waals surface area contributed by atoms with Gasteiger partial charge in [0.25, 0.3) is 0 Å². The molecule has 0 amide bonds. The molecule has 0 N–H and O–H groups in total. The van der Waals surface area contributed by atoms with E-state index in [1.54, 1.807) is 11.3 Å². The average molecular weight is 691 g/mol. The van der Waals surface area contributed by atoms with Crippen LogP contribution < -0.4 is 0 Å². The van der Waals surface area contributed by atoms with E-state index in [1.165, 1.54) is 25.6 Å². The van der Waals surface area contributed by atoms with E-state index < -0.39 is 0 Å². The fourth-order valence-corrected chi connectivity index (χ4v) is 9.72. The van der Waals surface area contributed by atoms with Crippen LogP contribution in [0.5, 0.6) is 0 Å². The zero-order chi connectivity index (χ0) is 35.2. The molecule has 5 heteroatoms. The molecule has 0 aliphatic rings. The van der Waals surface area contributed by atoms with Gasteiger partial charge in [-0.25, -0.2) is 4.85 Å². The quantitative estimate of drug-likeness (QED) is 0.170. The molecule has 244 valence electrons. The lowest BCUT2D eigenvalue weighted by Crippen LogP contribution is -2.01. The maximum absolute atomic E-state index is 10.9. The molecule has 11 rings (SSSR count). The van der Waals surface area contributed by atoms with Crippen molar-refractivity contribution in [3.05, 3.63) is 175 Å². The van der Waals surface area contributed by atoms with Crippen molar-refractivity contribution in [1.82, 2.24) is 9.13 Å². The van der Waals surface area contributed by atoms with Crippen LogP contribution in [0.4, 0.5) is 5.69 Å². The molecule has 4 nitrogen and oxygen atoms in total. The maximum atomic E-state index is 10.9. The average Bonchev–Trinajstić information content (AvgIpc) is 3.88. The fourth-order valence-electron chi connectivity index (χ4n) is 8.46. The standard InChI is InChI=1S/C48H26N4S/c1-50-38-27-43(51-40-22-20-31(29-11-3-2-4-12-29)25-37(40)46-33-14-6-5-13-30(33)19-23-41(46)51)32(28-49)26-44(38)52-39-17-9-7-16-36(39)47-42(52)24-21-35-34-15-8-10-18-45(34)53-48(35)47/h2-27H. The first-order chi connectivity index (χ1) is 26.2. The van der Waals surface area contributed by atoms with Crippen molar-refractivity contribution in [2.45, 2.75) is 0 Å². The highest BCUT2D eigenvalue weighted by Gasteiger charge is 2.23. The van der Waals surface area contributed by atoms with Crippen LogP contribution in [0, 0.1) is 17.9 Å². The minimum Gasteiger partial charge on any atom is -0.319 e. The van der Waals surface area contributed by atoms with Crippen molar-refractivity contribution < 1.29 is 0 Å². The van der Waals surface area contributed by atoms with Gasteiger partial charge < -0.3 is 9.13 Å². The lowest BCUT2D eigenvalue weighted by molar-refractivity contribution is 1.14. The van der Waals surface area contributed by atoms with E-state index in [9.17, 15) is 5.26 Å². The summed E-state index contributed by atoms with van der Waals surface area (Å²) in [7, 11) is 0. The predicted octanol–water partition coefficient (Wildman–Crippen LogP) is 13.5. The molecule has 0 saturated heterocycles. The van der Waals surface area contributed by atoms with E-state index in [0.717, 1.165) is 60.1 Å². The number of benzene rings is 8. The molecule has 11 aromatic rings. The van der Waals surface area contributed by atoms with Crippen LogP contribution in [0.2, 0.25) is 0 Å². The first kappa shape index (κ1) is 29.5. The molecule has 3 heterocycles. The Labute approximate surface area is 308 Å². The van der Waals surface area contributed by atoms with Crippen LogP contribution >= 0.6 is 11.3 Å². The topological polar surface area (TPSA) is 38.0 Å². The zero-order valence-corrected chi connectivity index (χ0v) is 29.0. The largest absolute Gasteiger partial charge is 0.319 e. The van der Waals surface area contributed by atoms with Gasteiger partial charge in [-0.2, -0.15) is 5.26 Å². The van der Waals surface area contributed by atoms with Gasteiger partial charge in [0.15, 0.2) is 0 Å². The third-order valence-electron chi connectivity index (χ3n) is 10.8. The summed E-state index contributed by atoms with van der Waals surface area (Å²) in [4.78, 5) is 4.16. The van der Waals surface area contributed by atoms with E-state index in [4.69, 9.17) is 6.57 Å². The van der Waals surface area contributed by atoms with E-state index in [2.05, 4.69) is 154 Å². The summed E-state index contributed by atoms with van der Waals surface area (Å²) >= 11 is 1.81. The van der Waals surface area contributed by atoms with Gasteiger partial charge in [0.05, 0.1) is 45.6 Å². The Kier molecular flexibility index (Phi) is 6.22. The molecule has 0 fully saturated rings. The number of nitriles is 1. The van der Waals surface area contributed by atoms with E-state index in [0.29, 0.717) is 22.6 Å². The highest BCUT2D eigenvalue weighted by Crippen LogP contribution is 2.46. The SMILES string of the molecule is [C-]#[N+]c1cc(-n2c3ccc(-c4ccccc4)cc3c3c4ccccc4ccc32)c(C#N)cc1-n1c2ccccc2c2c3sc4ccccc4c3ccc21. The van der Waals surface area contributed by atoms with Crippen LogP contribution in [0.3, 0.4) is 0 Å². The number of fused-ring (bicyclic) bond motifs is 12. The van der Waals surface area contributed by atoms with E-state index >= 15 is 0 Å². The summed E-state index contributed by atoms with van der Waals surface area (Å²) in [6, 6.07) is 57.5.